The van der Waals surface area contributed by atoms with Crippen LogP contribution < -0.4 is 25.7 Å². The van der Waals surface area contributed by atoms with Crippen molar-refractivity contribution in [2.24, 2.45) is 11.5 Å². The highest BCUT2D eigenvalue weighted by Gasteiger charge is 2.17. The molecule has 6 heteroatoms. The van der Waals surface area contributed by atoms with Gasteiger partial charge in [0, 0.05) is 24.2 Å². The number of rotatable bonds is 10. The van der Waals surface area contributed by atoms with Crippen LogP contribution in [0.5, 0.6) is 17.2 Å². The van der Waals surface area contributed by atoms with Gasteiger partial charge in [0.15, 0.2) is 11.5 Å². The highest BCUT2D eigenvalue weighted by Crippen LogP contribution is 2.42. The van der Waals surface area contributed by atoms with Crippen molar-refractivity contribution in [1.29, 1.82) is 5.26 Å². The lowest BCUT2D eigenvalue weighted by molar-refractivity contribution is 0.278. The second kappa shape index (κ2) is 10.3. The van der Waals surface area contributed by atoms with E-state index in [0.29, 0.717) is 55.7 Å². The molecule has 0 saturated carbocycles. The largest absolute Gasteiger partial charge is 0.493 e. The molecule has 0 saturated heterocycles. The van der Waals surface area contributed by atoms with Gasteiger partial charge in [-0.25, -0.2) is 0 Å². The van der Waals surface area contributed by atoms with Crippen molar-refractivity contribution >= 4 is 0 Å². The zero-order valence-electron chi connectivity index (χ0n) is 15.0. The summed E-state index contributed by atoms with van der Waals surface area (Å²) in [5.74, 6) is 1.85. The monoisotopic (exact) mass is 355 g/mol. The van der Waals surface area contributed by atoms with Gasteiger partial charge in [-0.05, 0) is 30.7 Å². The number of nitrogens with two attached hydrogens (primary N) is 2. The molecule has 138 valence electrons. The molecule has 0 spiro atoms. The fourth-order valence-corrected chi connectivity index (χ4v) is 2.47. The standard InChI is InChI=1S/C20H25N3O3/c1-2-10-24-18-7-6-15(14-23)13-17(18)16-4-3-5-19(25-11-8-21)20(16)26-12-9-22/h3-7,13H,2,8-12,21-22H2,1H3. The van der Waals surface area contributed by atoms with E-state index in [4.69, 9.17) is 25.7 Å². The van der Waals surface area contributed by atoms with E-state index < -0.39 is 0 Å². The summed E-state index contributed by atoms with van der Waals surface area (Å²) in [7, 11) is 0. The second-order valence-electron chi connectivity index (χ2n) is 5.58. The van der Waals surface area contributed by atoms with E-state index in [9.17, 15) is 5.26 Å². The van der Waals surface area contributed by atoms with Crippen LogP contribution in [-0.4, -0.2) is 32.9 Å². The molecule has 2 aromatic rings. The maximum absolute atomic E-state index is 9.28. The molecule has 0 radical (unpaired) electrons. The smallest absolute Gasteiger partial charge is 0.169 e. The fourth-order valence-electron chi connectivity index (χ4n) is 2.47. The first-order chi connectivity index (χ1) is 12.7. The summed E-state index contributed by atoms with van der Waals surface area (Å²) in [5, 5.41) is 9.28. The van der Waals surface area contributed by atoms with Gasteiger partial charge in [-0.3, -0.25) is 0 Å². The molecule has 0 fully saturated rings. The minimum Gasteiger partial charge on any atom is -0.493 e. The Morgan fingerprint density at radius 3 is 2.31 bits per heavy atom. The Morgan fingerprint density at radius 2 is 1.62 bits per heavy atom. The van der Waals surface area contributed by atoms with Gasteiger partial charge in [-0.1, -0.05) is 19.1 Å². The Hall–Kier alpha value is -2.75. The lowest BCUT2D eigenvalue weighted by Gasteiger charge is -2.18. The maximum Gasteiger partial charge on any atom is 0.169 e. The highest BCUT2D eigenvalue weighted by atomic mass is 16.5. The quantitative estimate of drug-likeness (QED) is 0.679. The average molecular weight is 355 g/mol. The Balaban J connectivity index is 2.56. The number of hydrogen-bond donors (Lipinski definition) is 2. The SMILES string of the molecule is CCCOc1ccc(C#N)cc1-c1cccc(OCCN)c1OCCN. The van der Waals surface area contributed by atoms with Gasteiger partial charge in [-0.2, -0.15) is 5.26 Å². The van der Waals surface area contributed by atoms with Crippen LogP contribution in [0.3, 0.4) is 0 Å². The van der Waals surface area contributed by atoms with Crippen molar-refractivity contribution in [1.82, 2.24) is 0 Å². The summed E-state index contributed by atoms with van der Waals surface area (Å²) in [6.07, 6.45) is 0.885. The Kier molecular flexibility index (Phi) is 7.75. The first kappa shape index (κ1) is 19.6. The van der Waals surface area contributed by atoms with Gasteiger partial charge in [0.1, 0.15) is 19.0 Å². The minimum absolute atomic E-state index is 0.346. The van der Waals surface area contributed by atoms with Crippen LogP contribution in [0.25, 0.3) is 11.1 Å². The molecule has 0 atom stereocenters. The van der Waals surface area contributed by atoms with Crippen LogP contribution in [0.2, 0.25) is 0 Å². The van der Waals surface area contributed by atoms with Gasteiger partial charge in [0.2, 0.25) is 0 Å². The minimum atomic E-state index is 0.346. The van der Waals surface area contributed by atoms with Crippen molar-refractivity contribution in [2.75, 3.05) is 32.9 Å². The summed E-state index contributed by atoms with van der Waals surface area (Å²) in [4.78, 5) is 0. The molecule has 0 bridgehead atoms. The van der Waals surface area contributed by atoms with Gasteiger partial charge in [-0.15, -0.1) is 0 Å². The zero-order chi connectivity index (χ0) is 18.8. The molecule has 0 aliphatic carbocycles. The number of nitrogens with zero attached hydrogens (tertiary/aromatic N) is 1. The molecule has 26 heavy (non-hydrogen) atoms. The Labute approximate surface area is 154 Å². The maximum atomic E-state index is 9.28. The molecule has 6 nitrogen and oxygen atoms in total. The molecule has 0 aliphatic rings. The average Bonchev–Trinajstić information content (AvgIpc) is 2.69. The number of ether oxygens (including phenoxy) is 3. The second-order valence-corrected chi connectivity index (χ2v) is 5.58. The molecule has 2 aromatic carbocycles. The van der Waals surface area contributed by atoms with E-state index in [1.165, 1.54) is 0 Å². The van der Waals surface area contributed by atoms with E-state index in [-0.39, 0.29) is 0 Å². The molecule has 2 rings (SSSR count). The van der Waals surface area contributed by atoms with Crippen molar-refractivity contribution < 1.29 is 14.2 Å². The zero-order valence-corrected chi connectivity index (χ0v) is 15.0. The topological polar surface area (TPSA) is 104 Å². The predicted octanol–water partition coefficient (Wildman–Crippen LogP) is 2.69. The fraction of sp³-hybridized carbons (Fsp3) is 0.350. The van der Waals surface area contributed by atoms with E-state index in [0.717, 1.165) is 17.5 Å². The van der Waals surface area contributed by atoms with Crippen LogP contribution in [0.1, 0.15) is 18.9 Å². The molecular formula is C20H25N3O3. The van der Waals surface area contributed by atoms with Crippen LogP contribution in [0, 0.1) is 11.3 Å². The number of hydrogen-bond acceptors (Lipinski definition) is 6. The number of para-hydroxylation sites is 1. The lowest BCUT2D eigenvalue weighted by atomic mass is 10.0. The first-order valence-corrected chi connectivity index (χ1v) is 8.71. The Morgan fingerprint density at radius 1 is 0.885 bits per heavy atom. The molecule has 0 heterocycles. The Bertz CT molecular complexity index is 756. The molecule has 0 aromatic heterocycles. The van der Waals surface area contributed by atoms with Gasteiger partial charge < -0.3 is 25.7 Å². The van der Waals surface area contributed by atoms with Crippen molar-refractivity contribution in [3.05, 3.63) is 42.0 Å². The molecule has 0 aliphatic heterocycles. The third kappa shape index (κ3) is 4.88. The third-order valence-corrected chi connectivity index (χ3v) is 3.58. The predicted molar refractivity (Wildman–Crippen MR) is 101 cm³/mol. The van der Waals surface area contributed by atoms with Gasteiger partial charge >= 0.3 is 0 Å². The molecular weight excluding hydrogens is 330 g/mol. The van der Waals surface area contributed by atoms with Crippen molar-refractivity contribution in [3.8, 4) is 34.4 Å². The van der Waals surface area contributed by atoms with E-state index in [1.54, 1.807) is 12.1 Å². The van der Waals surface area contributed by atoms with Crippen LogP contribution in [0.15, 0.2) is 36.4 Å². The summed E-state index contributed by atoms with van der Waals surface area (Å²) in [5.41, 5.74) is 13.3. The number of nitriles is 1. The first-order valence-electron chi connectivity index (χ1n) is 8.71. The van der Waals surface area contributed by atoms with E-state index in [2.05, 4.69) is 6.07 Å². The van der Waals surface area contributed by atoms with Crippen LogP contribution in [-0.2, 0) is 0 Å². The normalized spacial score (nSPS) is 10.2. The van der Waals surface area contributed by atoms with Gasteiger partial charge in [0.05, 0.1) is 18.2 Å². The van der Waals surface area contributed by atoms with Crippen LogP contribution in [0.4, 0.5) is 0 Å². The van der Waals surface area contributed by atoms with Crippen molar-refractivity contribution in [3.63, 3.8) is 0 Å². The summed E-state index contributed by atoms with van der Waals surface area (Å²) in [6, 6.07) is 13.1. The number of benzene rings is 2. The summed E-state index contributed by atoms with van der Waals surface area (Å²) >= 11 is 0. The third-order valence-electron chi connectivity index (χ3n) is 3.58. The van der Waals surface area contributed by atoms with E-state index in [1.807, 2.05) is 31.2 Å². The highest BCUT2D eigenvalue weighted by molar-refractivity contribution is 5.79. The van der Waals surface area contributed by atoms with Gasteiger partial charge in [0.25, 0.3) is 0 Å². The summed E-state index contributed by atoms with van der Waals surface area (Å²) in [6.45, 7) is 4.12. The van der Waals surface area contributed by atoms with E-state index >= 15 is 0 Å². The van der Waals surface area contributed by atoms with Crippen molar-refractivity contribution in [2.45, 2.75) is 13.3 Å². The molecule has 0 amide bonds. The summed E-state index contributed by atoms with van der Waals surface area (Å²) < 4.78 is 17.5. The van der Waals surface area contributed by atoms with Crippen LogP contribution >= 0.6 is 0 Å². The molecule has 0 unspecified atom stereocenters. The lowest BCUT2D eigenvalue weighted by Crippen LogP contribution is -2.14. The molecule has 4 N–H and O–H groups in total.